The number of sulfonamides is 2. The Labute approximate surface area is 340 Å². The molecule has 3 aliphatic heterocycles. The van der Waals surface area contributed by atoms with Crippen LogP contribution in [0.4, 0.5) is 21.0 Å². The fourth-order valence-corrected chi connectivity index (χ4v) is 10.9. The van der Waals surface area contributed by atoms with Gasteiger partial charge in [-0.15, -0.1) is 6.42 Å². The number of hydrogen-bond donors (Lipinski definition) is 4. The smallest absolute Gasteiger partial charge is 0.333 e. The second kappa shape index (κ2) is 14.8. The first-order valence-corrected chi connectivity index (χ1v) is 22.3. The molecule has 0 spiro atoms. The lowest BCUT2D eigenvalue weighted by atomic mass is 9.87. The summed E-state index contributed by atoms with van der Waals surface area (Å²) in [5.74, 6) is 3.08. The fraction of sp³-hybridized carbons (Fsp3) is 0.436. The summed E-state index contributed by atoms with van der Waals surface area (Å²) in [7, 11) is -8.65. The maximum absolute atomic E-state index is 13.5. The van der Waals surface area contributed by atoms with Crippen molar-refractivity contribution in [2.75, 3.05) is 30.5 Å². The van der Waals surface area contributed by atoms with Crippen LogP contribution in [-0.2, 0) is 70.0 Å². The summed E-state index contributed by atoms with van der Waals surface area (Å²) >= 11 is 0. The van der Waals surface area contributed by atoms with Crippen molar-refractivity contribution in [2.45, 2.75) is 92.9 Å². The molecule has 20 heteroatoms. The fourth-order valence-electron chi connectivity index (χ4n) is 8.96. The molecule has 0 bridgehead atoms. The van der Waals surface area contributed by atoms with E-state index in [9.17, 15) is 26.4 Å². The summed E-state index contributed by atoms with van der Waals surface area (Å²) in [6.45, 7) is 3.27. The molecule has 0 fully saturated rings. The zero-order chi connectivity index (χ0) is 41.1. The molecule has 310 valence electrons. The highest BCUT2D eigenvalue weighted by Gasteiger charge is 2.41. The maximum Gasteiger partial charge on any atom is 0.333 e. The molecule has 18 nitrogen and oxygen atoms in total. The monoisotopic (exact) mass is 846 g/mol. The molecule has 3 atom stereocenters. The molecule has 0 saturated carbocycles. The van der Waals surface area contributed by atoms with Crippen molar-refractivity contribution in [1.29, 1.82) is 0 Å². The largest absolute Gasteiger partial charge is 0.485 e. The average Bonchev–Trinajstić information content (AvgIpc) is 4.02. The summed E-state index contributed by atoms with van der Waals surface area (Å²) in [6.07, 6.45) is 13.0. The maximum atomic E-state index is 13.5. The first-order chi connectivity index (χ1) is 28.3. The number of nitrogens with one attached hydrogen (secondary N) is 4. The number of ether oxygens (including phenoxy) is 4. The van der Waals surface area contributed by atoms with Crippen LogP contribution in [0.3, 0.4) is 0 Å². The molecular weight excluding hydrogens is 805 g/mol. The van der Waals surface area contributed by atoms with Crippen molar-refractivity contribution in [3.8, 4) is 29.9 Å². The quantitative estimate of drug-likeness (QED) is 0.169. The summed E-state index contributed by atoms with van der Waals surface area (Å²) in [5, 5.41) is 13.8. The Bertz CT molecular complexity index is 2650. The molecule has 5 heterocycles. The summed E-state index contributed by atoms with van der Waals surface area (Å²) < 4.78 is 83.5. The van der Waals surface area contributed by atoms with Gasteiger partial charge in [0.05, 0.1) is 31.2 Å². The zero-order valence-electron chi connectivity index (χ0n) is 32.1. The molecule has 2 aliphatic carbocycles. The highest BCUT2D eigenvalue weighted by molar-refractivity contribution is 7.90. The third-order valence-corrected chi connectivity index (χ3v) is 13.9. The number of hydrogen-bond acceptors (Lipinski definition) is 12. The van der Waals surface area contributed by atoms with E-state index < -0.39 is 43.8 Å². The standard InChI is InChI=1S/C39H42N8O10S2/c1-3-12-54-27-21-47-36(56-22-27)32(20-41-47)59(52,53)45-38(49)43-33-28-9-4-7-24(28)16-26-14-23(15-29(26)33)17-39(2)18-25-8-5-10-30(34(25)57-39)42-37(48)44-58(50,51)31-19-40-46-11-6-13-55-35(31)46/h1,5,8,10,16,19-20,23,27H,4,6-7,9,11-15,17-18,21-22H2,2H3,(H2,42,44,48)(H2,43,45,49). The third-order valence-electron chi connectivity index (χ3n) is 11.3. The number of anilines is 2. The van der Waals surface area contributed by atoms with Gasteiger partial charge in [-0.1, -0.05) is 24.1 Å². The number of benzene rings is 2. The van der Waals surface area contributed by atoms with E-state index in [0.717, 1.165) is 65.9 Å². The zero-order valence-corrected chi connectivity index (χ0v) is 33.7. The first-order valence-electron chi connectivity index (χ1n) is 19.4. The van der Waals surface area contributed by atoms with E-state index in [-0.39, 0.29) is 47.2 Å². The van der Waals surface area contributed by atoms with Crippen LogP contribution in [-0.4, -0.2) is 80.0 Å². The van der Waals surface area contributed by atoms with Gasteiger partial charge >= 0.3 is 12.1 Å². The number of fused-ring (bicyclic) bond motifs is 5. The minimum absolute atomic E-state index is 0.0123. The average molecular weight is 847 g/mol. The van der Waals surface area contributed by atoms with Crippen molar-refractivity contribution >= 4 is 43.5 Å². The van der Waals surface area contributed by atoms with Gasteiger partial charge in [-0.05, 0) is 79.7 Å². The SMILES string of the molecule is C#CCOC1COc2c(S(=O)(=O)NC(=O)Nc3c4c(cc5c3CC(CC3(C)Cc6cccc(NC(=O)NS(=O)(=O)c7cnn8c7OCCC8)c6O3)C5)CCC4)cnn2C1. The van der Waals surface area contributed by atoms with Crippen molar-refractivity contribution < 1.29 is 45.4 Å². The minimum Gasteiger partial charge on any atom is -0.485 e. The first kappa shape index (κ1) is 38.7. The molecule has 5 aliphatic rings. The molecule has 0 radical (unpaired) electrons. The number of aryl methyl sites for hydroxylation is 2. The van der Waals surface area contributed by atoms with Gasteiger partial charge in [-0.25, -0.2) is 45.2 Å². The molecule has 4 N–H and O–H groups in total. The van der Waals surface area contributed by atoms with Crippen LogP contribution in [0.5, 0.6) is 17.5 Å². The van der Waals surface area contributed by atoms with Gasteiger partial charge in [0.1, 0.15) is 30.7 Å². The normalized spacial score (nSPS) is 21.3. The molecule has 2 aromatic heterocycles. The summed E-state index contributed by atoms with van der Waals surface area (Å²) in [4.78, 5) is 26.1. The number of nitrogens with zero attached hydrogens (tertiary/aromatic N) is 4. The number of urea groups is 2. The second-order valence-corrected chi connectivity index (χ2v) is 19.0. The van der Waals surface area contributed by atoms with Gasteiger partial charge in [0.25, 0.3) is 20.0 Å². The Kier molecular flexibility index (Phi) is 9.71. The predicted octanol–water partition coefficient (Wildman–Crippen LogP) is 3.28. The van der Waals surface area contributed by atoms with Gasteiger partial charge in [-0.3, -0.25) is 0 Å². The van der Waals surface area contributed by atoms with Gasteiger partial charge in [0.15, 0.2) is 9.79 Å². The molecule has 59 heavy (non-hydrogen) atoms. The van der Waals surface area contributed by atoms with Gasteiger partial charge in [0, 0.05) is 30.6 Å². The number of carbonyl (C=O) groups excluding carboxylic acids is 2. The Morgan fingerprint density at radius 2 is 1.68 bits per heavy atom. The number of para-hydroxylation sites is 1. The molecule has 3 unspecified atom stereocenters. The molecule has 9 rings (SSSR count). The van der Waals surface area contributed by atoms with Crippen molar-refractivity contribution in [3.63, 3.8) is 0 Å². The Morgan fingerprint density at radius 1 is 0.932 bits per heavy atom. The topological polar surface area (TPSA) is 223 Å². The van der Waals surface area contributed by atoms with Crippen LogP contribution in [0.15, 0.2) is 46.5 Å². The number of rotatable bonds is 10. The lowest BCUT2D eigenvalue weighted by Gasteiger charge is -2.27. The number of terminal acetylenes is 1. The van der Waals surface area contributed by atoms with E-state index in [1.54, 1.807) is 12.1 Å². The van der Waals surface area contributed by atoms with Crippen molar-refractivity contribution in [3.05, 3.63) is 64.5 Å². The molecular formula is C39H42N8O10S2. The van der Waals surface area contributed by atoms with Crippen LogP contribution in [0, 0.1) is 18.3 Å². The number of carbonyl (C=O) groups is 2. The van der Waals surface area contributed by atoms with E-state index in [1.807, 2.05) is 13.0 Å². The lowest BCUT2D eigenvalue weighted by Crippen LogP contribution is -2.36. The highest BCUT2D eigenvalue weighted by Crippen LogP contribution is 2.47. The van der Waals surface area contributed by atoms with E-state index in [0.29, 0.717) is 56.0 Å². The van der Waals surface area contributed by atoms with Gasteiger partial charge in [-0.2, -0.15) is 10.2 Å². The van der Waals surface area contributed by atoms with E-state index in [1.165, 1.54) is 9.36 Å². The Hall–Kier alpha value is -5.78. The molecule has 2 aromatic carbocycles. The van der Waals surface area contributed by atoms with Gasteiger partial charge in [0.2, 0.25) is 11.8 Å². The van der Waals surface area contributed by atoms with Crippen LogP contribution in [0.25, 0.3) is 0 Å². The minimum atomic E-state index is -4.36. The van der Waals surface area contributed by atoms with Crippen molar-refractivity contribution in [2.24, 2.45) is 5.92 Å². The second-order valence-electron chi connectivity index (χ2n) is 15.7. The van der Waals surface area contributed by atoms with Gasteiger partial charge < -0.3 is 29.6 Å². The predicted molar refractivity (Wildman–Crippen MR) is 210 cm³/mol. The van der Waals surface area contributed by atoms with Crippen LogP contribution >= 0.6 is 0 Å². The Morgan fingerprint density at radius 3 is 2.46 bits per heavy atom. The molecule has 4 aromatic rings. The highest BCUT2D eigenvalue weighted by atomic mass is 32.2. The van der Waals surface area contributed by atoms with Crippen molar-refractivity contribution in [1.82, 2.24) is 29.0 Å². The lowest BCUT2D eigenvalue weighted by molar-refractivity contribution is 0.00159. The van der Waals surface area contributed by atoms with Crippen LogP contribution < -0.4 is 34.3 Å². The third kappa shape index (κ3) is 7.42. The number of amides is 4. The summed E-state index contributed by atoms with van der Waals surface area (Å²) in [6, 6.07) is 5.71. The van der Waals surface area contributed by atoms with E-state index >= 15 is 0 Å². The molecule has 0 saturated heterocycles. The molecule has 4 amide bonds. The van der Waals surface area contributed by atoms with E-state index in [4.69, 9.17) is 25.4 Å². The van der Waals surface area contributed by atoms with Crippen LogP contribution in [0.1, 0.15) is 54.0 Å². The van der Waals surface area contributed by atoms with E-state index in [2.05, 4.69) is 42.3 Å². The Balaban J connectivity index is 0.862. The summed E-state index contributed by atoms with van der Waals surface area (Å²) in [5.41, 5.74) is 5.38. The number of aromatic nitrogens is 4. The van der Waals surface area contributed by atoms with Crippen LogP contribution in [0.2, 0.25) is 0 Å².